The van der Waals surface area contributed by atoms with E-state index in [1.54, 1.807) is 17.0 Å². The molecule has 116 valence electrons. The summed E-state index contributed by atoms with van der Waals surface area (Å²) in [5.74, 6) is 0.279. The number of nitrogens with zero attached hydrogens (tertiary/aromatic N) is 2. The number of nitro groups is 1. The van der Waals surface area contributed by atoms with Crippen LogP contribution in [0.2, 0.25) is 0 Å². The Kier molecular flexibility index (Phi) is 2.97. The van der Waals surface area contributed by atoms with Crippen LogP contribution in [0.25, 0.3) is 0 Å². The first-order valence-corrected chi connectivity index (χ1v) is 7.90. The molecule has 2 aliphatic heterocycles. The van der Waals surface area contributed by atoms with E-state index in [0.29, 0.717) is 6.54 Å². The van der Waals surface area contributed by atoms with E-state index in [1.165, 1.54) is 6.07 Å². The summed E-state index contributed by atoms with van der Waals surface area (Å²) >= 11 is 0. The summed E-state index contributed by atoms with van der Waals surface area (Å²) in [6.45, 7) is 2.64. The first-order valence-electron chi connectivity index (χ1n) is 7.90. The van der Waals surface area contributed by atoms with Crippen LogP contribution in [-0.2, 0) is 11.2 Å². The lowest BCUT2D eigenvalue weighted by Crippen LogP contribution is -2.35. The van der Waals surface area contributed by atoms with Gasteiger partial charge in [0.2, 0.25) is 5.91 Å². The summed E-state index contributed by atoms with van der Waals surface area (Å²) in [5.41, 5.74) is 2.05. The van der Waals surface area contributed by atoms with Crippen molar-refractivity contribution in [2.75, 3.05) is 24.5 Å². The summed E-state index contributed by atoms with van der Waals surface area (Å²) in [6.07, 6.45) is 3.91. The van der Waals surface area contributed by atoms with Crippen molar-refractivity contribution in [3.8, 4) is 0 Å². The SMILES string of the molecule is O=C(C1CC12CCNCC2)N1CCc2ccc([N+](=O)[O-])cc21. The number of piperidine rings is 1. The molecule has 2 fully saturated rings. The zero-order valence-electron chi connectivity index (χ0n) is 12.4. The van der Waals surface area contributed by atoms with Crippen molar-refractivity contribution in [2.24, 2.45) is 11.3 Å². The van der Waals surface area contributed by atoms with Gasteiger partial charge in [-0.05, 0) is 49.8 Å². The molecule has 4 rings (SSSR count). The van der Waals surface area contributed by atoms with E-state index in [1.807, 2.05) is 0 Å². The van der Waals surface area contributed by atoms with Gasteiger partial charge in [0.05, 0.1) is 10.6 Å². The molecule has 1 N–H and O–H groups in total. The van der Waals surface area contributed by atoms with Crippen LogP contribution < -0.4 is 10.2 Å². The van der Waals surface area contributed by atoms with Gasteiger partial charge in [-0.3, -0.25) is 14.9 Å². The molecule has 1 atom stereocenters. The number of fused-ring (bicyclic) bond motifs is 1. The maximum absolute atomic E-state index is 12.9. The first kappa shape index (κ1) is 13.7. The molecule has 1 aromatic carbocycles. The number of nitrogens with one attached hydrogen (secondary N) is 1. The highest BCUT2D eigenvalue weighted by Gasteiger charge is 2.59. The second-order valence-electron chi connectivity index (χ2n) is 6.68. The van der Waals surface area contributed by atoms with Gasteiger partial charge in [0.25, 0.3) is 5.69 Å². The molecule has 1 aliphatic carbocycles. The van der Waals surface area contributed by atoms with Crippen molar-refractivity contribution < 1.29 is 9.72 Å². The Morgan fingerprint density at radius 3 is 2.86 bits per heavy atom. The second-order valence-corrected chi connectivity index (χ2v) is 6.68. The minimum absolute atomic E-state index is 0.0610. The highest BCUT2D eigenvalue weighted by molar-refractivity contribution is 5.99. The van der Waals surface area contributed by atoms with Crippen molar-refractivity contribution >= 4 is 17.3 Å². The molecular formula is C16H19N3O3. The number of nitro benzene ring substituents is 1. The molecule has 0 radical (unpaired) electrons. The first-order chi connectivity index (χ1) is 10.6. The van der Waals surface area contributed by atoms with Crippen LogP contribution in [0.5, 0.6) is 0 Å². The molecule has 1 amide bonds. The predicted molar refractivity (Wildman–Crippen MR) is 81.8 cm³/mol. The van der Waals surface area contributed by atoms with Crippen molar-refractivity contribution in [1.82, 2.24) is 5.32 Å². The normalized spacial score (nSPS) is 25.1. The third-order valence-electron chi connectivity index (χ3n) is 5.53. The van der Waals surface area contributed by atoms with Crippen molar-refractivity contribution in [1.29, 1.82) is 0 Å². The molecule has 1 unspecified atom stereocenters. The third kappa shape index (κ3) is 2.01. The quantitative estimate of drug-likeness (QED) is 0.668. The maximum Gasteiger partial charge on any atom is 0.271 e. The standard InChI is InChI=1S/C16H19N3O3/c20-15(13-10-16(13)4-6-17-7-5-16)18-8-3-11-1-2-12(19(21)22)9-14(11)18/h1-2,9,13,17H,3-8,10H2. The average molecular weight is 301 g/mol. The molecule has 1 saturated carbocycles. The molecule has 1 aromatic rings. The fraction of sp³-hybridized carbons (Fsp3) is 0.562. The average Bonchev–Trinajstić information content (AvgIpc) is 3.04. The summed E-state index contributed by atoms with van der Waals surface area (Å²) in [5, 5.41) is 14.3. The monoisotopic (exact) mass is 301 g/mol. The molecule has 1 saturated heterocycles. The van der Waals surface area contributed by atoms with Crippen LogP contribution in [0, 0.1) is 21.4 Å². The van der Waals surface area contributed by atoms with E-state index in [9.17, 15) is 14.9 Å². The van der Waals surface area contributed by atoms with Crippen molar-refractivity contribution in [3.05, 3.63) is 33.9 Å². The molecule has 6 heteroatoms. The lowest BCUT2D eigenvalue weighted by molar-refractivity contribution is -0.384. The number of carbonyl (C=O) groups is 1. The van der Waals surface area contributed by atoms with Gasteiger partial charge in [-0.1, -0.05) is 6.07 Å². The van der Waals surface area contributed by atoms with Crippen LogP contribution in [-0.4, -0.2) is 30.5 Å². The summed E-state index contributed by atoms with van der Waals surface area (Å²) < 4.78 is 0. The second kappa shape index (κ2) is 4.78. The molecule has 0 aromatic heterocycles. The number of rotatable bonds is 2. The summed E-state index contributed by atoms with van der Waals surface area (Å²) in [4.78, 5) is 25.2. The fourth-order valence-electron chi connectivity index (χ4n) is 4.07. The lowest BCUT2D eigenvalue weighted by Gasteiger charge is -2.25. The van der Waals surface area contributed by atoms with E-state index >= 15 is 0 Å². The van der Waals surface area contributed by atoms with E-state index in [4.69, 9.17) is 0 Å². The maximum atomic E-state index is 12.9. The topological polar surface area (TPSA) is 75.5 Å². The molecule has 1 spiro atoms. The van der Waals surface area contributed by atoms with E-state index in [-0.39, 0.29) is 22.9 Å². The van der Waals surface area contributed by atoms with Crippen LogP contribution in [0.1, 0.15) is 24.8 Å². The van der Waals surface area contributed by atoms with Gasteiger partial charge in [0.1, 0.15) is 0 Å². The van der Waals surface area contributed by atoms with Gasteiger partial charge < -0.3 is 10.2 Å². The van der Waals surface area contributed by atoms with Gasteiger partial charge >= 0.3 is 0 Å². The van der Waals surface area contributed by atoms with Gasteiger partial charge in [-0.25, -0.2) is 0 Å². The Morgan fingerprint density at radius 1 is 1.36 bits per heavy atom. The van der Waals surface area contributed by atoms with Crippen LogP contribution in [0.15, 0.2) is 18.2 Å². The van der Waals surface area contributed by atoms with Gasteiger partial charge in [-0.15, -0.1) is 0 Å². The molecule has 22 heavy (non-hydrogen) atoms. The van der Waals surface area contributed by atoms with Crippen molar-refractivity contribution in [2.45, 2.75) is 25.7 Å². The molecule has 6 nitrogen and oxygen atoms in total. The number of anilines is 1. The molecule has 3 aliphatic rings. The number of amides is 1. The fourth-order valence-corrected chi connectivity index (χ4v) is 4.07. The van der Waals surface area contributed by atoms with Crippen LogP contribution in [0.4, 0.5) is 11.4 Å². The Labute approximate surface area is 128 Å². The molecule has 2 heterocycles. The lowest BCUT2D eigenvalue weighted by atomic mass is 9.91. The summed E-state index contributed by atoms with van der Waals surface area (Å²) in [6, 6.07) is 4.86. The van der Waals surface area contributed by atoms with Crippen molar-refractivity contribution in [3.63, 3.8) is 0 Å². The largest absolute Gasteiger partial charge is 0.317 e. The number of carbonyl (C=O) groups excluding carboxylic acids is 1. The van der Waals surface area contributed by atoms with Crippen LogP contribution in [0.3, 0.4) is 0 Å². The number of hydrogen-bond acceptors (Lipinski definition) is 4. The molecular weight excluding hydrogens is 282 g/mol. The van der Waals surface area contributed by atoms with Crippen LogP contribution >= 0.6 is 0 Å². The van der Waals surface area contributed by atoms with E-state index < -0.39 is 4.92 Å². The zero-order valence-corrected chi connectivity index (χ0v) is 12.4. The highest BCUT2D eigenvalue weighted by atomic mass is 16.6. The zero-order chi connectivity index (χ0) is 15.3. The number of non-ortho nitro benzene ring substituents is 1. The number of hydrogen-bond donors (Lipinski definition) is 1. The highest BCUT2D eigenvalue weighted by Crippen LogP contribution is 2.59. The summed E-state index contributed by atoms with van der Waals surface area (Å²) in [7, 11) is 0. The van der Waals surface area contributed by atoms with E-state index in [2.05, 4.69) is 5.32 Å². The van der Waals surface area contributed by atoms with Gasteiger partial charge in [-0.2, -0.15) is 0 Å². The van der Waals surface area contributed by atoms with Gasteiger partial charge in [0.15, 0.2) is 0 Å². The smallest absolute Gasteiger partial charge is 0.271 e. The molecule has 0 bridgehead atoms. The Bertz CT molecular complexity index is 652. The Hall–Kier alpha value is -1.95. The number of benzene rings is 1. The van der Waals surface area contributed by atoms with E-state index in [0.717, 1.165) is 50.0 Å². The Balaban J connectivity index is 1.57. The third-order valence-corrected chi connectivity index (χ3v) is 5.53. The predicted octanol–water partition coefficient (Wildman–Crippen LogP) is 1.87. The minimum Gasteiger partial charge on any atom is -0.317 e. The van der Waals surface area contributed by atoms with Gasteiger partial charge in [0, 0.05) is 24.6 Å². The Morgan fingerprint density at radius 2 is 2.14 bits per heavy atom. The minimum atomic E-state index is -0.396.